The fourth-order valence-corrected chi connectivity index (χ4v) is 13.2. The third-order valence-corrected chi connectivity index (χ3v) is 20.0. The van der Waals surface area contributed by atoms with Crippen LogP contribution >= 0.6 is 15.6 Å². The molecule has 0 saturated heterocycles. The molecule has 0 aliphatic heterocycles. The summed E-state index contributed by atoms with van der Waals surface area (Å²) in [6, 6.07) is 0. The highest BCUT2D eigenvalue weighted by molar-refractivity contribution is 7.47. The molecule has 3 N–H and O–H groups in total. The van der Waals surface area contributed by atoms with Crippen LogP contribution in [0.3, 0.4) is 0 Å². The van der Waals surface area contributed by atoms with Gasteiger partial charge in [0.25, 0.3) is 0 Å². The van der Waals surface area contributed by atoms with E-state index in [0.717, 1.165) is 108 Å². The third-order valence-electron chi connectivity index (χ3n) is 18.1. The fourth-order valence-electron chi connectivity index (χ4n) is 11.6. The number of carbonyl (C=O) groups is 4. The van der Waals surface area contributed by atoms with Gasteiger partial charge in [-0.25, -0.2) is 9.13 Å². The van der Waals surface area contributed by atoms with Gasteiger partial charge in [-0.3, -0.25) is 37.3 Å². The maximum atomic E-state index is 13.1. The Labute approximate surface area is 581 Å². The van der Waals surface area contributed by atoms with Crippen LogP contribution in [-0.2, 0) is 65.4 Å². The minimum atomic E-state index is -4.96. The molecule has 0 aromatic heterocycles. The van der Waals surface area contributed by atoms with Crippen molar-refractivity contribution in [2.45, 2.75) is 413 Å². The predicted molar refractivity (Wildman–Crippen MR) is 386 cm³/mol. The molecule has 0 rings (SSSR count). The van der Waals surface area contributed by atoms with E-state index in [1.165, 1.54) is 205 Å². The minimum Gasteiger partial charge on any atom is -0.462 e. The lowest BCUT2D eigenvalue weighted by atomic mass is 9.99. The first-order valence-corrected chi connectivity index (χ1v) is 42.5. The minimum absolute atomic E-state index is 0.104. The van der Waals surface area contributed by atoms with Gasteiger partial charge in [0.05, 0.1) is 26.4 Å². The van der Waals surface area contributed by atoms with Crippen molar-refractivity contribution in [1.82, 2.24) is 0 Å². The molecule has 0 saturated carbocycles. The number of ether oxygens (including phenoxy) is 4. The van der Waals surface area contributed by atoms with Gasteiger partial charge >= 0.3 is 39.5 Å². The molecule has 0 amide bonds. The maximum absolute atomic E-state index is 13.1. The van der Waals surface area contributed by atoms with E-state index in [4.69, 9.17) is 37.0 Å². The van der Waals surface area contributed by atoms with Gasteiger partial charge in [-0.05, 0) is 37.5 Å². The van der Waals surface area contributed by atoms with E-state index >= 15 is 0 Å². The van der Waals surface area contributed by atoms with Gasteiger partial charge in [0.1, 0.15) is 19.3 Å². The smallest absolute Gasteiger partial charge is 0.462 e. The number of esters is 4. The number of rotatable bonds is 75. The Morgan fingerprint density at radius 1 is 0.305 bits per heavy atom. The SMILES string of the molecule is CCCCCCCCCCCCCCCCCCCCCCCCC(=O)O[C@H](COC(=O)CCCCCCCCCCCCC(C)CC)COP(=O)(O)OC[C@@H](O)COP(=O)(O)OC[C@@H](COC(=O)CCCCCCCCCC)OC(=O)CCCCCCCCCCC(C)C. The summed E-state index contributed by atoms with van der Waals surface area (Å²) in [6.45, 7) is 9.55. The second-order valence-electron chi connectivity index (χ2n) is 28.1. The Bertz CT molecular complexity index is 1840. The zero-order chi connectivity index (χ0) is 70.0. The molecule has 564 valence electrons. The van der Waals surface area contributed by atoms with E-state index < -0.39 is 97.5 Å². The third kappa shape index (κ3) is 69.0. The van der Waals surface area contributed by atoms with Crippen LogP contribution in [0.1, 0.15) is 395 Å². The molecule has 6 atom stereocenters. The number of aliphatic hydroxyl groups is 1. The lowest BCUT2D eigenvalue weighted by molar-refractivity contribution is -0.161. The zero-order valence-electron chi connectivity index (χ0n) is 62.0. The predicted octanol–water partition coefficient (Wildman–Crippen LogP) is 22.3. The Morgan fingerprint density at radius 3 is 0.800 bits per heavy atom. The van der Waals surface area contributed by atoms with Crippen LogP contribution in [0.2, 0.25) is 0 Å². The van der Waals surface area contributed by atoms with Crippen LogP contribution < -0.4 is 0 Å². The van der Waals surface area contributed by atoms with Crippen molar-refractivity contribution in [3.63, 3.8) is 0 Å². The number of hydrogen-bond donors (Lipinski definition) is 3. The molecule has 0 bridgehead atoms. The van der Waals surface area contributed by atoms with Crippen molar-refractivity contribution < 1.29 is 80.2 Å². The largest absolute Gasteiger partial charge is 0.472 e. The van der Waals surface area contributed by atoms with Crippen molar-refractivity contribution in [2.24, 2.45) is 11.8 Å². The maximum Gasteiger partial charge on any atom is 0.472 e. The molecule has 17 nitrogen and oxygen atoms in total. The van der Waals surface area contributed by atoms with Gasteiger partial charge in [-0.15, -0.1) is 0 Å². The van der Waals surface area contributed by atoms with E-state index in [1.54, 1.807) is 0 Å². The van der Waals surface area contributed by atoms with E-state index in [0.29, 0.717) is 25.7 Å². The van der Waals surface area contributed by atoms with E-state index in [9.17, 15) is 43.2 Å². The topological polar surface area (TPSA) is 237 Å². The molecule has 95 heavy (non-hydrogen) atoms. The number of unbranched alkanes of at least 4 members (excludes halogenated alkanes) is 44. The van der Waals surface area contributed by atoms with Gasteiger partial charge in [0, 0.05) is 25.7 Å². The number of hydrogen-bond acceptors (Lipinski definition) is 15. The summed E-state index contributed by atoms with van der Waals surface area (Å²) < 4.78 is 68.4. The van der Waals surface area contributed by atoms with Crippen LogP contribution in [-0.4, -0.2) is 96.7 Å². The monoisotopic (exact) mass is 1400 g/mol. The standard InChI is InChI=1S/C76H148O17P2/c1-7-10-12-14-16-18-19-20-21-22-23-24-25-26-27-28-29-30-35-42-48-54-60-75(80)92-72(65-87-74(79)59-53-47-41-34-32-31-33-39-45-51-57-69(6)9-3)67-91-95(84,85)89-63-70(77)62-88-94(82,83)90-66-71(64-86-73(78)58-52-46-40-17-15-13-11-8-2)93-76(81)61-55-49-43-37-36-38-44-50-56-68(4)5/h68-72,77H,7-67H2,1-6H3,(H,82,83)(H,84,85)/t69?,70-,71+,72+/m0/s1. The molecule has 0 fully saturated rings. The summed E-state index contributed by atoms with van der Waals surface area (Å²) >= 11 is 0. The lowest BCUT2D eigenvalue weighted by Crippen LogP contribution is -2.30. The summed E-state index contributed by atoms with van der Waals surface area (Å²) in [7, 11) is -9.91. The van der Waals surface area contributed by atoms with Gasteiger partial charge in [-0.1, -0.05) is 343 Å². The van der Waals surface area contributed by atoms with Crippen LogP contribution in [0, 0.1) is 11.8 Å². The fraction of sp³-hybridized carbons (Fsp3) is 0.947. The van der Waals surface area contributed by atoms with Gasteiger partial charge in [0.15, 0.2) is 12.2 Å². The van der Waals surface area contributed by atoms with Gasteiger partial charge in [0.2, 0.25) is 0 Å². The lowest BCUT2D eigenvalue weighted by Gasteiger charge is -2.21. The highest BCUT2D eigenvalue weighted by Crippen LogP contribution is 2.45. The van der Waals surface area contributed by atoms with Gasteiger partial charge in [-0.2, -0.15) is 0 Å². The molecule has 0 spiro atoms. The summed E-state index contributed by atoms with van der Waals surface area (Å²) in [5.74, 6) is -0.594. The molecule has 0 aliphatic rings. The first-order chi connectivity index (χ1) is 45.9. The Morgan fingerprint density at radius 2 is 0.537 bits per heavy atom. The summed E-state index contributed by atoms with van der Waals surface area (Å²) in [4.78, 5) is 72.7. The van der Waals surface area contributed by atoms with Crippen molar-refractivity contribution in [3.8, 4) is 0 Å². The second-order valence-corrected chi connectivity index (χ2v) is 31.0. The van der Waals surface area contributed by atoms with E-state index in [2.05, 4.69) is 41.5 Å². The van der Waals surface area contributed by atoms with Crippen LogP contribution in [0.5, 0.6) is 0 Å². The highest BCUT2D eigenvalue weighted by atomic mass is 31.2. The Balaban J connectivity index is 5.16. The quantitative estimate of drug-likeness (QED) is 0.0222. The average Bonchev–Trinajstić information content (AvgIpc) is 2.74. The first kappa shape index (κ1) is 93.1. The van der Waals surface area contributed by atoms with Crippen molar-refractivity contribution in [2.75, 3.05) is 39.6 Å². The molecule has 0 radical (unpaired) electrons. The summed E-state index contributed by atoms with van der Waals surface area (Å²) in [5.41, 5.74) is 0. The van der Waals surface area contributed by atoms with Crippen LogP contribution in [0.15, 0.2) is 0 Å². The molecule has 0 aromatic rings. The number of carbonyl (C=O) groups excluding carboxylic acids is 4. The Hall–Kier alpha value is -1.94. The van der Waals surface area contributed by atoms with E-state index in [-0.39, 0.29) is 25.7 Å². The number of phosphoric ester groups is 2. The molecular weight excluding hydrogens is 1250 g/mol. The molecule has 0 aromatic carbocycles. The van der Waals surface area contributed by atoms with Crippen molar-refractivity contribution in [3.05, 3.63) is 0 Å². The summed E-state index contributed by atoms with van der Waals surface area (Å²) in [5, 5.41) is 10.6. The molecule has 19 heteroatoms. The Kier molecular flexibility index (Phi) is 66.5. The zero-order valence-corrected chi connectivity index (χ0v) is 63.8. The first-order valence-electron chi connectivity index (χ1n) is 39.5. The second kappa shape index (κ2) is 67.9. The average molecular weight is 1400 g/mol. The highest BCUT2D eigenvalue weighted by Gasteiger charge is 2.30. The normalized spacial score (nSPS) is 14.3. The number of phosphoric acid groups is 2. The van der Waals surface area contributed by atoms with Gasteiger partial charge < -0.3 is 33.8 Å². The summed E-state index contributed by atoms with van der Waals surface area (Å²) in [6.07, 6.45) is 55.7. The molecule has 0 aliphatic carbocycles. The molecule has 0 heterocycles. The number of aliphatic hydroxyl groups excluding tert-OH is 1. The van der Waals surface area contributed by atoms with Crippen LogP contribution in [0.25, 0.3) is 0 Å². The molecular formula is C76H148O17P2. The van der Waals surface area contributed by atoms with Crippen molar-refractivity contribution in [1.29, 1.82) is 0 Å². The van der Waals surface area contributed by atoms with Crippen molar-refractivity contribution >= 4 is 39.5 Å². The van der Waals surface area contributed by atoms with Crippen LogP contribution in [0.4, 0.5) is 0 Å². The van der Waals surface area contributed by atoms with E-state index in [1.807, 2.05) is 0 Å². The molecule has 3 unspecified atom stereocenters.